The van der Waals surface area contributed by atoms with Gasteiger partial charge in [0.05, 0.1) is 10.5 Å². The molecule has 1 aromatic rings. The van der Waals surface area contributed by atoms with Crippen LogP contribution >= 0.6 is 15.9 Å². The number of hydrogen-bond acceptors (Lipinski definition) is 3. The van der Waals surface area contributed by atoms with Gasteiger partial charge >= 0.3 is 5.97 Å². The maximum absolute atomic E-state index is 12.0. The van der Waals surface area contributed by atoms with Crippen LogP contribution in [-0.4, -0.2) is 26.0 Å². The number of aromatic carboxylic acids is 1. The van der Waals surface area contributed by atoms with Crippen molar-refractivity contribution in [1.82, 2.24) is 4.72 Å². The Hall–Kier alpha value is -0.920. The zero-order chi connectivity index (χ0) is 14.6. The van der Waals surface area contributed by atoms with Crippen molar-refractivity contribution >= 4 is 31.9 Å². The molecule has 0 aliphatic rings. The van der Waals surface area contributed by atoms with Crippen LogP contribution in [0.1, 0.15) is 30.6 Å². The molecule has 106 valence electrons. The summed E-state index contributed by atoms with van der Waals surface area (Å²) in [7, 11) is -3.62. The fourth-order valence-electron chi connectivity index (χ4n) is 1.41. The zero-order valence-corrected chi connectivity index (χ0v) is 13.1. The molecule has 0 fully saturated rings. The summed E-state index contributed by atoms with van der Waals surface area (Å²) in [5.41, 5.74) is 0.0352. The largest absolute Gasteiger partial charge is 0.478 e. The second-order valence-corrected chi connectivity index (χ2v) is 7.12. The molecule has 0 atom stereocenters. The number of carboxylic acids is 1. The Kier molecular flexibility index (Phi) is 5.51. The molecule has 0 aliphatic carbocycles. The summed E-state index contributed by atoms with van der Waals surface area (Å²) in [4.78, 5) is 10.8. The van der Waals surface area contributed by atoms with E-state index in [0.29, 0.717) is 12.5 Å². The van der Waals surface area contributed by atoms with Gasteiger partial charge in [-0.25, -0.2) is 17.9 Å². The van der Waals surface area contributed by atoms with Crippen molar-refractivity contribution in [3.8, 4) is 0 Å². The second-order valence-electron chi connectivity index (χ2n) is 4.53. The first-order valence-corrected chi connectivity index (χ1v) is 8.04. The van der Waals surface area contributed by atoms with Crippen molar-refractivity contribution in [2.45, 2.75) is 25.2 Å². The summed E-state index contributed by atoms with van der Waals surface area (Å²) in [6, 6.07) is 3.83. The van der Waals surface area contributed by atoms with E-state index in [9.17, 15) is 13.2 Å². The Labute approximate surface area is 121 Å². The number of carboxylic acid groups (broad SMARTS) is 1. The predicted octanol–water partition coefficient (Wildman–Crippen LogP) is 2.47. The van der Waals surface area contributed by atoms with E-state index in [-0.39, 0.29) is 14.9 Å². The topological polar surface area (TPSA) is 83.5 Å². The van der Waals surface area contributed by atoms with E-state index >= 15 is 0 Å². The van der Waals surface area contributed by atoms with Crippen molar-refractivity contribution in [2.75, 3.05) is 6.54 Å². The first-order chi connectivity index (χ1) is 8.74. The van der Waals surface area contributed by atoms with Gasteiger partial charge in [0.15, 0.2) is 0 Å². The summed E-state index contributed by atoms with van der Waals surface area (Å²) >= 11 is 3.09. The summed E-state index contributed by atoms with van der Waals surface area (Å²) in [6.07, 6.45) is 0.740. The fraction of sp³-hybridized carbons (Fsp3) is 0.417. The number of nitrogens with one attached hydrogen (secondary N) is 1. The molecule has 0 aliphatic heterocycles. The van der Waals surface area contributed by atoms with E-state index in [1.807, 2.05) is 13.8 Å². The Morgan fingerprint density at radius 1 is 1.42 bits per heavy atom. The molecule has 19 heavy (non-hydrogen) atoms. The molecule has 1 rings (SSSR count). The molecule has 1 aromatic carbocycles. The van der Waals surface area contributed by atoms with Gasteiger partial charge in [-0.05, 0) is 46.5 Å². The van der Waals surface area contributed by atoms with Gasteiger partial charge in [-0.2, -0.15) is 0 Å². The van der Waals surface area contributed by atoms with Crippen LogP contribution in [0.5, 0.6) is 0 Å². The van der Waals surface area contributed by atoms with Crippen molar-refractivity contribution in [3.63, 3.8) is 0 Å². The third kappa shape index (κ3) is 4.59. The summed E-state index contributed by atoms with van der Waals surface area (Å²) < 4.78 is 26.8. The number of carbonyl (C=O) groups is 1. The molecule has 0 saturated heterocycles. The lowest BCUT2D eigenvalue weighted by Gasteiger charge is -2.10. The molecule has 5 nitrogen and oxygen atoms in total. The van der Waals surface area contributed by atoms with Crippen LogP contribution in [0, 0.1) is 5.92 Å². The third-order valence-corrected chi connectivity index (χ3v) is 4.92. The summed E-state index contributed by atoms with van der Waals surface area (Å²) in [5.74, 6) is -0.696. The summed E-state index contributed by atoms with van der Waals surface area (Å²) in [6.45, 7) is 4.37. The number of rotatable bonds is 6. The van der Waals surface area contributed by atoms with Crippen molar-refractivity contribution in [2.24, 2.45) is 5.92 Å². The Morgan fingerprint density at radius 3 is 2.53 bits per heavy atom. The lowest BCUT2D eigenvalue weighted by molar-refractivity contribution is 0.0696. The van der Waals surface area contributed by atoms with Gasteiger partial charge in [0.1, 0.15) is 0 Å². The van der Waals surface area contributed by atoms with Gasteiger partial charge in [0.25, 0.3) is 0 Å². The van der Waals surface area contributed by atoms with Gasteiger partial charge in [0.2, 0.25) is 10.0 Å². The van der Waals surface area contributed by atoms with Gasteiger partial charge in [0, 0.05) is 11.0 Å². The highest BCUT2D eigenvalue weighted by molar-refractivity contribution is 9.10. The highest BCUT2D eigenvalue weighted by atomic mass is 79.9. The molecule has 0 amide bonds. The molecule has 0 radical (unpaired) electrons. The van der Waals surface area contributed by atoms with Crippen LogP contribution in [0.2, 0.25) is 0 Å². The smallest absolute Gasteiger partial charge is 0.335 e. The fourth-order valence-corrected chi connectivity index (χ4v) is 3.53. The Morgan fingerprint density at radius 2 is 2.05 bits per heavy atom. The minimum atomic E-state index is -3.62. The Balaban J connectivity index is 2.93. The average Bonchev–Trinajstić information content (AvgIpc) is 2.27. The molecule has 0 unspecified atom stereocenters. The van der Waals surface area contributed by atoms with E-state index in [0.717, 1.165) is 6.42 Å². The van der Waals surface area contributed by atoms with Crippen LogP contribution in [0.15, 0.2) is 27.6 Å². The first kappa shape index (κ1) is 16.1. The molecule has 0 heterocycles. The maximum atomic E-state index is 12.0. The van der Waals surface area contributed by atoms with Gasteiger partial charge < -0.3 is 5.11 Å². The van der Waals surface area contributed by atoms with Gasteiger partial charge in [-0.15, -0.1) is 0 Å². The lowest BCUT2D eigenvalue weighted by atomic mass is 10.1. The average molecular weight is 350 g/mol. The van der Waals surface area contributed by atoms with E-state index in [2.05, 4.69) is 20.7 Å². The highest BCUT2D eigenvalue weighted by Gasteiger charge is 2.18. The van der Waals surface area contributed by atoms with Gasteiger partial charge in [-0.1, -0.05) is 13.8 Å². The molecular formula is C12H16BrNO4S. The molecular weight excluding hydrogens is 334 g/mol. The van der Waals surface area contributed by atoms with Crippen LogP contribution < -0.4 is 4.72 Å². The molecule has 0 aromatic heterocycles. The van der Waals surface area contributed by atoms with Crippen LogP contribution in [0.3, 0.4) is 0 Å². The first-order valence-electron chi connectivity index (χ1n) is 5.76. The van der Waals surface area contributed by atoms with Crippen molar-refractivity contribution in [1.29, 1.82) is 0 Å². The summed E-state index contributed by atoms with van der Waals surface area (Å²) in [5, 5.41) is 8.82. The SMILES string of the molecule is CC(C)CCNS(=O)(=O)c1ccc(C(=O)O)cc1Br. The van der Waals surface area contributed by atoms with E-state index in [1.165, 1.54) is 18.2 Å². The minimum Gasteiger partial charge on any atom is -0.478 e. The number of halogens is 1. The molecule has 0 bridgehead atoms. The molecule has 7 heteroatoms. The number of hydrogen-bond donors (Lipinski definition) is 2. The number of sulfonamides is 1. The monoisotopic (exact) mass is 349 g/mol. The molecule has 0 spiro atoms. The predicted molar refractivity (Wildman–Crippen MR) is 75.7 cm³/mol. The quantitative estimate of drug-likeness (QED) is 0.826. The van der Waals surface area contributed by atoms with Crippen LogP contribution in [0.4, 0.5) is 0 Å². The van der Waals surface area contributed by atoms with Crippen LogP contribution in [-0.2, 0) is 10.0 Å². The Bertz CT molecular complexity index is 569. The van der Waals surface area contributed by atoms with E-state index in [1.54, 1.807) is 0 Å². The van der Waals surface area contributed by atoms with E-state index < -0.39 is 16.0 Å². The minimum absolute atomic E-state index is 0.0352. The highest BCUT2D eigenvalue weighted by Crippen LogP contribution is 2.23. The second kappa shape index (κ2) is 6.49. The molecule has 0 saturated carbocycles. The van der Waals surface area contributed by atoms with Crippen molar-refractivity contribution < 1.29 is 18.3 Å². The van der Waals surface area contributed by atoms with Gasteiger partial charge in [-0.3, -0.25) is 0 Å². The van der Waals surface area contributed by atoms with E-state index in [4.69, 9.17) is 5.11 Å². The third-order valence-electron chi connectivity index (χ3n) is 2.48. The maximum Gasteiger partial charge on any atom is 0.335 e. The number of benzene rings is 1. The lowest BCUT2D eigenvalue weighted by Crippen LogP contribution is -2.26. The standard InChI is InChI=1S/C12H16BrNO4S/c1-8(2)5-6-14-19(17,18)11-4-3-9(12(15)16)7-10(11)13/h3-4,7-8,14H,5-6H2,1-2H3,(H,15,16). The normalized spacial score (nSPS) is 11.8. The zero-order valence-electron chi connectivity index (χ0n) is 10.7. The van der Waals surface area contributed by atoms with Crippen molar-refractivity contribution in [3.05, 3.63) is 28.2 Å². The molecule has 2 N–H and O–H groups in total. The van der Waals surface area contributed by atoms with Crippen LogP contribution in [0.25, 0.3) is 0 Å².